The third kappa shape index (κ3) is 2.45. The van der Waals surface area contributed by atoms with E-state index in [1.807, 2.05) is 13.0 Å². The molecule has 5 nitrogen and oxygen atoms in total. The Morgan fingerprint density at radius 3 is 3.19 bits per heavy atom. The summed E-state index contributed by atoms with van der Waals surface area (Å²) < 4.78 is 6.61. The van der Waals surface area contributed by atoms with Gasteiger partial charge in [0, 0.05) is 23.2 Å². The molecule has 114 valence electrons. The molecule has 21 heavy (non-hydrogen) atoms. The number of morpholine rings is 1. The molecule has 0 saturated carbocycles. The highest BCUT2D eigenvalue weighted by atomic mass is 79.9. The Kier molecular flexibility index (Phi) is 3.94. The first-order chi connectivity index (χ1) is 10.1. The first-order valence-corrected chi connectivity index (χ1v) is 8.06. The number of carbonyl (C=O) groups is 1. The molecule has 1 aromatic rings. The standard InChI is InChI=1S/C15H20BrN3O2/c1-2-18-14(20)12-7-10-3-4-11(16)8-13(10)19-5-6-21-9-15(12,19)17/h3-4,8,12H,2,5-7,9,17H2,1H3,(H,18,20)/t12-,15?/m0/s1. The molecule has 1 aromatic carbocycles. The number of anilines is 1. The normalized spacial score (nSPS) is 27.8. The van der Waals surface area contributed by atoms with Crippen molar-refractivity contribution >= 4 is 27.5 Å². The number of hydrogen-bond donors (Lipinski definition) is 2. The van der Waals surface area contributed by atoms with E-state index in [4.69, 9.17) is 10.5 Å². The molecule has 1 fully saturated rings. The lowest BCUT2D eigenvalue weighted by atomic mass is 9.80. The molecule has 3 N–H and O–H groups in total. The monoisotopic (exact) mass is 353 g/mol. The number of rotatable bonds is 2. The van der Waals surface area contributed by atoms with Gasteiger partial charge in [-0.05, 0) is 31.0 Å². The van der Waals surface area contributed by atoms with Gasteiger partial charge in [-0.1, -0.05) is 22.0 Å². The van der Waals surface area contributed by atoms with Crippen LogP contribution < -0.4 is 16.0 Å². The van der Waals surface area contributed by atoms with Crippen LogP contribution in [0.5, 0.6) is 0 Å². The highest BCUT2D eigenvalue weighted by Crippen LogP contribution is 2.40. The van der Waals surface area contributed by atoms with Crippen molar-refractivity contribution < 1.29 is 9.53 Å². The van der Waals surface area contributed by atoms with Gasteiger partial charge in [0.15, 0.2) is 0 Å². The van der Waals surface area contributed by atoms with Crippen LogP contribution in [0, 0.1) is 5.92 Å². The zero-order valence-corrected chi connectivity index (χ0v) is 13.6. The van der Waals surface area contributed by atoms with Crippen molar-refractivity contribution in [1.29, 1.82) is 0 Å². The Hall–Kier alpha value is -1.11. The van der Waals surface area contributed by atoms with Gasteiger partial charge >= 0.3 is 0 Å². The average Bonchev–Trinajstić information content (AvgIpc) is 2.46. The predicted octanol–water partition coefficient (Wildman–Crippen LogP) is 1.25. The molecule has 2 heterocycles. The summed E-state index contributed by atoms with van der Waals surface area (Å²) in [5, 5.41) is 2.91. The summed E-state index contributed by atoms with van der Waals surface area (Å²) in [6, 6.07) is 6.16. The van der Waals surface area contributed by atoms with Gasteiger partial charge in [-0.2, -0.15) is 0 Å². The van der Waals surface area contributed by atoms with Crippen LogP contribution in [0.15, 0.2) is 22.7 Å². The third-order valence-electron chi connectivity index (χ3n) is 4.33. The molecule has 2 aliphatic rings. The van der Waals surface area contributed by atoms with Gasteiger partial charge in [-0.25, -0.2) is 0 Å². The van der Waals surface area contributed by atoms with E-state index in [1.54, 1.807) is 0 Å². The van der Waals surface area contributed by atoms with Crippen molar-refractivity contribution in [2.75, 3.05) is 31.2 Å². The molecule has 0 bridgehead atoms. The minimum Gasteiger partial charge on any atom is -0.376 e. The Morgan fingerprint density at radius 1 is 1.62 bits per heavy atom. The minimum absolute atomic E-state index is 0.00377. The number of amides is 1. The van der Waals surface area contributed by atoms with Gasteiger partial charge in [0.2, 0.25) is 5.91 Å². The van der Waals surface area contributed by atoms with E-state index in [-0.39, 0.29) is 11.8 Å². The number of benzene rings is 1. The molecule has 2 aliphatic heterocycles. The lowest BCUT2D eigenvalue weighted by Gasteiger charge is -2.52. The van der Waals surface area contributed by atoms with E-state index >= 15 is 0 Å². The quantitative estimate of drug-likeness (QED) is 0.839. The fourth-order valence-corrected chi connectivity index (χ4v) is 3.63. The lowest BCUT2D eigenvalue weighted by Crippen LogP contribution is -2.72. The van der Waals surface area contributed by atoms with Crippen LogP contribution in [0.3, 0.4) is 0 Å². The second-order valence-corrected chi connectivity index (χ2v) is 6.54. The fraction of sp³-hybridized carbons (Fsp3) is 0.533. The molecule has 1 amide bonds. The van der Waals surface area contributed by atoms with Crippen molar-refractivity contribution in [3.05, 3.63) is 28.2 Å². The second kappa shape index (κ2) is 5.59. The average molecular weight is 354 g/mol. The van der Waals surface area contributed by atoms with Gasteiger partial charge < -0.3 is 20.7 Å². The van der Waals surface area contributed by atoms with E-state index in [2.05, 4.69) is 38.3 Å². The zero-order valence-electron chi connectivity index (χ0n) is 12.1. The smallest absolute Gasteiger partial charge is 0.227 e. The SMILES string of the molecule is CCNC(=O)[C@@H]1Cc2ccc(Br)cc2N2CCOCC12N. The number of halogens is 1. The molecule has 2 atom stereocenters. The molecular weight excluding hydrogens is 334 g/mol. The van der Waals surface area contributed by atoms with E-state index in [9.17, 15) is 4.79 Å². The number of nitrogens with two attached hydrogens (primary N) is 1. The van der Waals surface area contributed by atoms with Crippen molar-refractivity contribution in [1.82, 2.24) is 5.32 Å². The van der Waals surface area contributed by atoms with Crippen LogP contribution in [0.2, 0.25) is 0 Å². The molecule has 6 heteroatoms. The first kappa shape index (κ1) is 14.8. The van der Waals surface area contributed by atoms with Crippen LogP contribution in [-0.2, 0) is 16.0 Å². The highest BCUT2D eigenvalue weighted by molar-refractivity contribution is 9.10. The van der Waals surface area contributed by atoms with Crippen LogP contribution in [0.25, 0.3) is 0 Å². The van der Waals surface area contributed by atoms with Crippen LogP contribution in [0.1, 0.15) is 12.5 Å². The van der Waals surface area contributed by atoms with Gasteiger partial charge in [0.05, 0.1) is 19.1 Å². The predicted molar refractivity (Wildman–Crippen MR) is 85.1 cm³/mol. The van der Waals surface area contributed by atoms with Crippen molar-refractivity contribution in [3.63, 3.8) is 0 Å². The van der Waals surface area contributed by atoms with Crippen LogP contribution >= 0.6 is 15.9 Å². The Labute approximate surface area is 132 Å². The number of hydrogen-bond acceptors (Lipinski definition) is 4. The second-order valence-electron chi connectivity index (χ2n) is 5.62. The van der Waals surface area contributed by atoms with Gasteiger partial charge in [0.1, 0.15) is 5.66 Å². The van der Waals surface area contributed by atoms with Crippen LogP contribution in [-0.4, -0.2) is 37.9 Å². The molecule has 3 rings (SSSR count). The first-order valence-electron chi connectivity index (χ1n) is 7.26. The summed E-state index contributed by atoms with van der Waals surface area (Å²) in [4.78, 5) is 14.6. The number of carbonyl (C=O) groups excluding carboxylic acids is 1. The maximum absolute atomic E-state index is 12.5. The fourth-order valence-electron chi connectivity index (χ4n) is 3.29. The lowest BCUT2D eigenvalue weighted by molar-refractivity contribution is -0.129. The summed E-state index contributed by atoms with van der Waals surface area (Å²) in [6.07, 6.45) is 0.644. The number of ether oxygens (including phenoxy) is 1. The van der Waals surface area contributed by atoms with E-state index < -0.39 is 5.66 Å². The number of nitrogens with one attached hydrogen (secondary N) is 1. The largest absolute Gasteiger partial charge is 0.376 e. The minimum atomic E-state index is -0.773. The molecule has 1 saturated heterocycles. The summed E-state index contributed by atoms with van der Waals surface area (Å²) >= 11 is 3.52. The highest BCUT2D eigenvalue weighted by Gasteiger charge is 2.50. The molecule has 1 unspecified atom stereocenters. The number of fused-ring (bicyclic) bond motifs is 3. The molecule has 0 aromatic heterocycles. The summed E-state index contributed by atoms with van der Waals surface area (Å²) in [6.45, 7) is 4.24. The van der Waals surface area contributed by atoms with Crippen LogP contribution in [0.4, 0.5) is 5.69 Å². The molecule has 0 radical (unpaired) electrons. The topological polar surface area (TPSA) is 67.6 Å². The molecular formula is C15H20BrN3O2. The summed E-state index contributed by atoms with van der Waals surface area (Å²) in [5.41, 5.74) is 8.13. The van der Waals surface area contributed by atoms with Crippen molar-refractivity contribution in [2.45, 2.75) is 19.0 Å². The van der Waals surface area contributed by atoms with E-state index in [0.29, 0.717) is 32.7 Å². The van der Waals surface area contributed by atoms with E-state index in [1.165, 1.54) is 0 Å². The Balaban J connectivity index is 2.05. The third-order valence-corrected chi connectivity index (χ3v) is 4.82. The molecule has 0 aliphatic carbocycles. The van der Waals surface area contributed by atoms with Gasteiger partial charge in [-0.15, -0.1) is 0 Å². The van der Waals surface area contributed by atoms with Gasteiger partial charge in [-0.3, -0.25) is 4.79 Å². The maximum atomic E-state index is 12.5. The number of nitrogens with zero attached hydrogens (tertiary/aromatic N) is 1. The van der Waals surface area contributed by atoms with E-state index in [0.717, 1.165) is 15.7 Å². The maximum Gasteiger partial charge on any atom is 0.227 e. The Bertz CT molecular complexity index is 566. The summed E-state index contributed by atoms with van der Waals surface area (Å²) in [5.74, 6) is -0.296. The Morgan fingerprint density at radius 2 is 2.43 bits per heavy atom. The zero-order chi connectivity index (χ0) is 15.0. The van der Waals surface area contributed by atoms with Gasteiger partial charge in [0.25, 0.3) is 0 Å². The van der Waals surface area contributed by atoms with Crippen molar-refractivity contribution in [3.8, 4) is 0 Å². The van der Waals surface area contributed by atoms with Crippen molar-refractivity contribution in [2.24, 2.45) is 11.7 Å². The molecule has 0 spiro atoms. The summed E-state index contributed by atoms with van der Waals surface area (Å²) in [7, 11) is 0.